The van der Waals surface area contributed by atoms with Crippen LogP contribution in [0.4, 0.5) is 5.69 Å². The van der Waals surface area contributed by atoms with E-state index in [1.165, 1.54) is 25.1 Å². The summed E-state index contributed by atoms with van der Waals surface area (Å²) in [6.07, 6.45) is 1.39. The van der Waals surface area contributed by atoms with Crippen molar-refractivity contribution in [3.8, 4) is 0 Å². The Kier molecular flexibility index (Phi) is 5.78. The third-order valence-electron chi connectivity index (χ3n) is 2.42. The molecule has 0 aliphatic rings. The summed E-state index contributed by atoms with van der Waals surface area (Å²) in [6, 6.07) is -0.626. The molecule has 0 saturated heterocycles. The lowest BCUT2D eigenvalue weighted by Crippen LogP contribution is -2.30. The predicted octanol–water partition coefficient (Wildman–Crippen LogP) is 0.516. The van der Waals surface area contributed by atoms with E-state index < -0.39 is 17.6 Å². The summed E-state index contributed by atoms with van der Waals surface area (Å²) in [5, 5.41) is 6.69. The number of nitrogens with zero attached hydrogens (tertiary/aromatic N) is 2. The Morgan fingerprint density at radius 2 is 2.26 bits per heavy atom. The molecule has 19 heavy (non-hydrogen) atoms. The van der Waals surface area contributed by atoms with Crippen LogP contribution in [0.3, 0.4) is 0 Å². The Morgan fingerprint density at radius 1 is 1.58 bits per heavy atom. The fourth-order valence-corrected chi connectivity index (χ4v) is 1.57. The minimum absolute atomic E-state index is 0.0261. The molecule has 1 aromatic rings. The predicted molar refractivity (Wildman–Crippen MR) is 70.5 cm³/mol. The molecule has 1 heterocycles. The number of hydrogen-bond acceptors (Lipinski definition) is 6. The summed E-state index contributed by atoms with van der Waals surface area (Å²) in [7, 11) is 2.81. The maximum Gasteiger partial charge on any atom is 0.327 e. The lowest BCUT2D eigenvalue weighted by atomic mass is 10.3. The molecule has 0 fully saturated rings. The smallest absolute Gasteiger partial charge is 0.327 e. The zero-order chi connectivity index (χ0) is 14.4. The van der Waals surface area contributed by atoms with Crippen LogP contribution in [-0.4, -0.2) is 42.6 Å². The first-order chi connectivity index (χ1) is 9.01. The standard InChI is InChI=1S/C11H16ClN3O4/c1-7(11(17)19-3)14-8-6-13-15(4-5-18-2)10(16)9(8)12/h6-7,14H,4-5H2,1-3H3. The molecule has 7 nitrogen and oxygen atoms in total. The fourth-order valence-electron chi connectivity index (χ4n) is 1.37. The quantitative estimate of drug-likeness (QED) is 0.769. The maximum absolute atomic E-state index is 11.9. The SMILES string of the molecule is COCCn1ncc(NC(C)C(=O)OC)c(Cl)c1=O. The highest BCUT2D eigenvalue weighted by atomic mass is 35.5. The van der Waals surface area contributed by atoms with Gasteiger partial charge in [0.05, 0.1) is 32.1 Å². The maximum atomic E-state index is 11.9. The summed E-state index contributed by atoms with van der Waals surface area (Å²) >= 11 is 5.94. The molecule has 1 aromatic heterocycles. The number of halogens is 1. The van der Waals surface area contributed by atoms with Crippen LogP contribution in [0.1, 0.15) is 6.92 Å². The number of hydrogen-bond donors (Lipinski definition) is 1. The number of anilines is 1. The van der Waals surface area contributed by atoms with Gasteiger partial charge in [-0.1, -0.05) is 11.6 Å². The van der Waals surface area contributed by atoms with Crippen molar-refractivity contribution >= 4 is 23.3 Å². The average molecular weight is 290 g/mol. The number of ether oxygens (including phenoxy) is 2. The van der Waals surface area contributed by atoms with Gasteiger partial charge in [-0.25, -0.2) is 9.48 Å². The van der Waals surface area contributed by atoms with Crippen LogP contribution < -0.4 is 10.9 Å². The number of nitrogens with one attached hydrogen (secondary N) is 1. The number of aromatic nitrogens is 2. The molecule has 0 radical (unpaired) electrons. The molecule has 0 aliphatic heterocycles. The summed E-state index contributed by atoms with van der Waals surface area (Å²) in [5.41, 5.74) is -0.154. The molecule has 0 aliphatic carbocycles. The number of esters is 1. The van der Waals surface area contributed by atoms with E-state index in [4.69, 9.17) is 16.3 Å². The molecule has 0 bridgehead atoms. The van der Waals surface area contributed by atoms with Crippen LogP contribution in [-0.2, 0) is 20.8 Å². The van der Waals surface area contributed by atoms with Crippen molar-refractivity contribution < 1.29 is 14.3 Å². The van der Waals surface area contributed by atoms with Crippen LogP contribution in [0.25, 0.3) is 0 Å². The molecule has 1 atom stereocenters. The van der Waals surface area contributed by atoms with E-state index in [1.807, 2.05) is 0 Å². The van der Waals surface area contributed by atoms with Gasteiger partial charge >= 0.3 is 5.97 Å². The van der Waals surface area contributed by atoms with E-state index in [9.17, 15) is 9.59 Å². The summed E-state index contributed by atoms with van der Waals surface area (Å²) in [4.78, 5) is 23.1. The Hall–Kier alpha value is -1.60. The minimum Gasteiger partial charge on any atom is -0.467 e. The lowest BCUT2D eigenvalue weighted by Gasteiger charge is -2.14. The second-order valence-electron chi connectivity index (χ2n) is 3.78. The molecule has 1 N–H and O–H groups in total. The van der Waals surface area contributed by atoms with Crippen molar-refractivity contribution in [3.63, 3.8) is 0 Å². The topological polar surface area (TPSA) is 82.4 Å². The summed E-state index contributed by atoms with van der Waals surface area (Å²) in [5.74, 6) is -0.459. The van der Waals surface area contributed by atoms with Crippen molar-refractivity contribution in [2.75, 3.05) is 26.1 Å². The third-order valence-corrected chi connectivity index (χ3v) is 2.78. The average Bonchev–Trinajstić information content (AvgIpc) is 2.42. The van der Waals surface area contributed by atoms with E-state index in [0.717, 1.165) is 0 Å². The Labute approximate surface area is 115 Å². The molecule has 106 valence electrons. The van der Waals surface area contributed by atoms with Gasteiger partial charge in [0, 0.05) is 7.11 Å². The molecule has 1 unspecified atom stereocenters. The van der Waals surface area contributed by atoms with E-state index in [0.29, 0.717) is 18.8 Å². The molecule has 0 aromatic carbocycles. The third kappa shape index (κ3) is 3.93. The van der Waals surface area contributed by atoms with Gasteiger partial charge in [0.1, 0.15) is 11.1 Å². The first kappa shape index (κ1) is 15.5. The summed E-state index contributed by atoms with van der Waals surface area (Å²) in [6.45, 7) is 2.26. The highest BCUT2D eigenvalue weighted by Gasteiger charge is 2.16. The van der Waals surface area contributed by atoms with Gasteiger partial charge in [0.15, 0.2) is 0 Å². The van der Waals surface area contributed by atoms with Crippen molar-refractivity contribution in [1.82, 2.24) is 9.78 Å². The minimum atomic E-state index is -0.626. The van der Waals surface area contributed by atoms with E-state index in [-0.39, 0.29) is 5.02 Å². The van der Waals surface area contributed by atoms with Crippen molar-refractivity contribution in [2.45, 2.75) is 19.5 Å². The van der Waals surface area contributed by atoms with Gasteiger partial charge in [0.2, 0.25) is 0 Å². The summed E-state index contributed by atoms with van der Waals surface area (Å²) < 4.78 is 10.6. The van der Waals surface area contributed by atoms with Crippen molar-refractivity contribution in [2.24, 2.45) is 0 Å². The Morgan fingerprint density at radius 3 is 2.84 bits per heavy atom. The van der Waals surface area contributed by atoms with Crippen LogP contribution in [0.2, 0.25) is 5.02 Å². The van der Waals surface area contributed by atoms with E-state index in [2.05, 4.69) is 15.2 Å². The largest absolute Gasteiger partial charge is 0.467 e. The van der Waals surface area contributed by atoms with Crippen LogP contribution >= 0.6 is 11.6 Å². The lowest BCUT2D eigenvalue weighted by molar-refractivity contribution is -0.141. The van der Waals surface area contributed by atoms with Crippen molar-refractivity contribution in [3.05, 3.63) is 21.6 Å². The van der Waals surface area contributed by atoms with Crippen LogP contribution in [0.5, 0.6) is 0 Å². The van der Waals surface area contributed by atoms with E-state index in [1.54, 1.807) is 6.92 Å². The van der Waals surface area contributed by atoms with Gasteiger partial charge < -0.3 is 14.8 Å². The number of carbonyl (C=O) groups excluding carboxylic acids is 1. The molecule has 0 saturated carbocycles. The second kappa shape index (κ2) is 7.10. The van der Waals surface area contributed by atoms with Gasteiger partial charge in [-0.15, -0.1) is 0 Å². The number of methoxy groups -OCH3 is 2. The van der Waals surface area contributed by atoms with E-state index >= 15 is 0 Å². The van der Waals surface area contributed by atoms with Gasteiger partial charge in [-0.3, -0.25) is 4.79 Å². The Bertz CT molecular complexity index is 503. The molecular weight excluding hydrogens is 274 g/mol. The first-order valence-electron chi connectivity index (χ1n) is 5.60. The molecule has 0 amide bonds. The van der Waals surface area contributed by atoms with Gasteiger partial charge in [-0.2, -0.15) is 5.10 Å². The monoisotopic (exact) mass is 289 g/mol. The first-order valence-corrected chi connectivity index (χ1v) is 5.98. The molecule has 8 heteroatoms. The van der Waals surface area contributed by atoms with Crippen molar-refractivity contribution in [1.29, 1.82) is 0 Å². The van der Waals surface area contributed by atoms with Gasteiger partial charge in [-0.05, 0) is 6.92 Å². The van der Waals surface area contributed by atoms with Crippen LogP contribution in [0, 0.1) is 0 Å². The second-order valence-corrected chi connectivity index (χ2v) is 4.16. The number of carbonyl (C=O) groups is 1. The fraction of sp³-hybridized carbons (Fsp3) is 0.545. The zero-order valence-electron chi connectivity index (χ0n) is 11.0. The Balaban J connectivity index is 2.90. The molecule has 1 rings (SSSR count). The normalized spacial score (nSPS) is 12.0. The highest BCUT2D eigenvalue weighted by Crippen LogP contribution is 2.16. The number of rotatable bonds is 6. The highest BCUT2D eigenvalue weighted by molar-refractivity contribution is 6.33. The zero-order valence-corrected chi connectivity index (χ0v) is 11.7. The molecule has 0 spiro atoms. The molecular formula is C11H16ClN3O4. The van der Waals surface area contributed by atoms with Crippen LogP contribution in [0.15, 0.2) is 11.0 Å². The van der Waals surface area contributed by atoms with Gasteiger partial charge in [0.25, 0.3) is 5.56 Å².